The van der Waals surface area contributed by atoms with Gasteiger partial charge in [-0.25, -0.2) is 0 Å². The summed E-state index contributed by atoms with van der Waals surface area (Å²) < 4.78 is 0. The number of rotatable bonds is 2. The number of hydrogen-bond acceptors (Lipinski definition) is 2. The van der Waals surface area contributed by atoms with Crippen molar-refractivity contribution in [1.29, 1.82) is 0 Å². The van der Waals surface area contributed by atoms with Crippen molar-refractivity contribution in [3.63, 3.8) is 0 Å². The molecule has 82 valence electrons. The Morgan fingerprint density at radius 2 is 2.21 bits per heavy atom. The number of nitrogens with zero attached hydrogens (tertiary/aromatic N) is 1. The van der Waals surface area contributed by atoms with Crippen LogP contribution in [0.2, 0.25) is 0 Å². The molecule has 2 atom stereocenters. The maximum absolute atomic E-state index is 12.1. The van der Waals surface area contributed by atoms with Gasteiger partial charge >= 0.3 is 0 Å². The molecule has 1 aliphatic rings. The predicted molar refractivity (Wildman–Crippen MR) is 58.1 cm³/mol. The molecular weight excluding hydrogens is 176 g/mol. The molecular formula is C11H22N2O. The molecule has 3 heteroatoms. The highest BCUT2D eigenvalue weighted by Crippen LogP contribution is 2.19. The molecule has 14 heavy (non-hydrogen) atoms. The molecule has 1 rings (SSSR count). The smallest absolute Gasteiger partial charge is 0.242 e. The highest BCUT2D eigenvalue weighted by molar-refractivity contribution is 5.86. The van der Waals surface area contributed by atoms with E-state index in [9.17, 15) is 4.79 Å². The number of amides is 1. The molecule has 1 heterocycles. The van der Waals surface area contributed by atoms with Crippen LogP contribution in [0.5, 0.6) is 0 Å². The van der Waals surface area contributed by atoms with E-state index in [1.807, 2.05) is 18.7 Å². The maximum Gasteiger partial charge on any atom is 0.242 e. The third-order valence-corrected chi connectivity index (χ3v) is 3.00. The lowest BCUT2D eigenvalue weighted by molar-refractivity contribution is -0.143. The van der Waals surface area contributed by atoms with E-state index in [0.717, 1.165) is 13.0 Å². The van der Waals surface area contributed by atoms with E-state index in [0.29, 0.717) is 12.1 Å². The first-order valence-electron chi connectivity index (χ1n) is 5.47. The van der Waals surface area contributed by atoms with Gasteiger partial charge < -0.3 is 4.90 Å². The van der Waals surface area contributed by atoms with Gasteiger partial charge in [0.15, 0.2) is 0 Å². The van der Waals surface area contributed by atoms with E-state index >= 15 is 0 Å². The van der Waals surface area contributed by atoms with Gasteiger partial charge in [-0.2, -0.15) is 0 Å². The molecule has 1 amide bonds. The predicted octanol–water partition coefficient (Wildman–Crippen LogP) is 1.38. The van der Waals surface area contributed by atoms with Gasteiger partial charge in [0.05, 0.1) is 5.54 Å². The lowest BCUT2D eigenvalue weighted by Crippen LogP contribution is -2.66. The summed E-state index contributed by atoms with van der Waals surface area (Å²) in [5.74, 6) is 0.227. The summed E-state index contributed by atoms with van der Waals surface area (Å²) in [6, 6.07) is 0.739. The van der Waals surface area contributed by atoms with Crippen LogP contribution in [-0.4, -0.2) is 35.0 Å². The lowest BCUT2D eigenvalue weighted by atomic mass is 9.96. The van der Waals surface area contributed by atoms with Crippen LogP contribution in [0.3, 0.4) is 0 Å². The average Bonchev–Trinajstić information content (AvgIpc) is 2.09. The van der Waals surface area contributed by atoms with Crippen LogP contribution >= 0.6 is 0 Å². The molecule has 0 aromatic carbocycles. The topological polar surface area (TPSA) is 32.3 Å². The normalized spacial score (nSPS) is 29.1. The van der Waals surface area contributed by atoms with Gasteiger partial charge in [-0.05, 0) is 34.1 Å². The zero-order valence-electron chi connectivity index (χ0n) is 9.92. The third kappa shape index (κ3) is 2.08. The van der Waals surface area contributed by atoms with Gasteiger partial charge in [-0.15, -0.1) is 0 Å². The summed E-state index contributed by atoms with van der Waals surface area (Å²) in [4.78, 5) is 14.1. The standard InChI is InChI=1S/C11H22N2O/c1-6-9(3)13-7-8(2)12-11(4,5)10(13)14/h8-9,12H,6-7H2,1-5H3. The molecule has 0 aromatic heterocycles. The van der Waals surface area contributed by atoms with Crippen molar-refractivity contribution in [2.75, 3.05) is 6.54 Å². The minimum Gasteiger partial charge on any atom is -0.337 e. The van der Waals surface area contributed by atoms with Crippen LogP contribution in [0.15, 0.2) is 0 Å². The minimum atomic E-state index is -0.402. The van der Waals surface area contributed by atoms with Crippen LogP contribution in [-0.2, 0) is 4.79 Å². The van der Waals surface area contributed by atoms with Gasteiger partial charge in [0, 0.05) is 18.6 Å². The molecule has 0 aromatic rings. The van der Waals surface area contributed by atoms with Crippen molar-refractivity contribution in [3.05, 3.63) is 0 Å². The highest BCUT2D eigenvalue weighted by atomic mass is 16.2. The minimum absolute atomic E-state index is 0.227. The first-order valence-corrected chi connectivity index (χ1v) is 5.47. The van der Waals surface area contributed by atoms with Gasteiger partial charge in [0.1, 0.15) is 0 Å². The SMILES string of the molecule is CCC(C)N1CC(C)NC(C)(C)C1=O. The van der Waals surface area contributed by atoms with E-state index < -0.39 is 5.54 Å². The second kappa shape index (κ2) is 3.89. The quantitative estimate of drug-likeness (QED) is 0.727. The molecule has 1 fully saturated rings. The zero-order valence-corrected chi connectivity index (χ0v) is 9.92. The number of carbonyl (C=O) groups is 1. The highest BCUT2D eigenvalue weighted by Gasteiger charge is 2.39. The van der Waals surface area contributed by atoms with Gasteiger partial charge in [0.2, 0.25) is 5.91 Å². The second-order valence-corrected chi connectivity index (χ2v) is 4.89. The summed E-state index contributed by atoms with van der Waals surface area (Å²) >= 11 is 0. The molecule has 1 saturated heterocycles. The van der Waals surface area contributed by atoms with Crippen LogP contribution in [0, 0.1) is 0 Å². The third-order valence-electron chi connectivity index (χ3n) is 3.00. The summed E-state index contributed by atoms with van der Waals surface area (Å²) in [5.41, 5.74) is -0.402. The Labute approximate surface area is 86.9 Å². The summed E-state index contributed by atoms with van der Waals surface area (Å²) in [6.45, 7) is 11.1. The maximum atomic E-state index is 12.1. The van der Waals surface area contributed by atoms with Crippen LogP contribution in [0.4, 0.5) is 0 Å². The van der Waals surface area contributed by atoms with E-state index in [2.05, 4.69) is 26.1 Å². The largest absolute Gasteiger partial charge is 0.337 e. The van der Waals surface area contributed by atoms with Crippen molar-refractivity contribution >= 4 is 5.91 Å². The van der Waals surface area contributed by atoms with E-state index in [1.54, 1.807) is 0 Å². The zero-order chi connectivity index (χ0) is 10.9. The van der Waals surface area contributed by atoms with Crippen LogP contribution in [0.1, 0.15) is 41.0 Å². The fourth-order valence-corrected chi connectivity index (χ4v) is 2.06. The Bertz CT molecular complexity index is 225. The number of carbonyl (C=O) groups excluding carboxylic acids is 1. The molecule has 1 aliphatic heterocycles. The summed E-state index contributed by atoms with van der Waals surface area (Å²) in [7, 11) is 0. The first-order chi connectivity index (χ1) is 6.38. The number of hydrogen-bond donors (Lipinski definition) is 1. The Hall–Kier alpha value is -0.570. The molecule has 3 nitrogen and oxygen atoms in total. The van der Waals surface area contributed by atoms with Gasteiger partial charge in [-0.3, -0.25) is 10.1 Å². The molecule has 0 bridgehead atoms. The van der Waals surface area contributed by atoms with E-state index in [-0.39, 0.29) is 5.91 Å². The van der Waals surface area contributed by atoms with Crippen molar-refractivity contribution in [1.82, 2.24) is 10.2 Å². The second-order valence-electron chi connectivity index (χ2n) is 4.89. The molecule has 0 radical (unpaired) electrons. The summed E-state index contributed by atoms with van der Waals surface area (Å²) in [5, 5.41) is 3.32. The van der Waals surface area contributed by atoms with Crippen molar-refractivity contribution in [3.8, 4) is 0 Å². The number of nitrogens with one attached hydrogen (secondary N) is 1. The number of piperazine rings is 1. The molecule has 0 saturated carbocycles. The van der Waals surface area contributed by atoms with Gasteiger partial charge in [0.25, 0.3) is 0 Å². The Balaban J connectivity index is 2.81. The molecule has 0 aliphatic carbocycles. The molecule has 1 N–H and O–H groups in total. The van der Waals surface area contributed by atoms with Crippen molar-refractivity contribution in [2.24, 2.45) is 0 Å². The van der Waals surface area contributed by atoms with Crippen LogP contribution < -0.4 is 5.32 Å². The monoisotopic (exact) mass is 198 g/mol. The Kier molecular flexibility index (Phi) is 3.20. The fourth-order valence-electron chi connectivity index (χ4n) is 2.06. The average molecular weight is 198 g/mol. The summed E-state index contributed by atoms with van der Waals surface area (Å²) in [6.07, 6.45) is 1.02. The lowest BCUT2D eigenvalue weighted by Gasteiger charge is -2.44. The molecule has 0 spiro atoms. The Morgan fingerprint density at radius 3 is 2.71 bits per heavy atom. The van der Waals surface area contributed by atoms with E-state index in [4.69, 9.17) is 0 Å². The van der Waals surface area contributed by atoms with Gasteiger partial charge in [-0.1, -0.05) is 6.92 Å². The fraction of sp³-hybridized carbons (Fsp3) is 0.909. The molecule has 2 unspecified atom stereocenters. The van der Waals surface area contributed by atoms with Crippen molar-refractivity contribution < 1.29 is 4.79 Å². The van der Waals surface area contributed by atoms with E-state index in [1.165, 1.54) is 0 Å². The Morgan fingerprint density at radius 1 is 1.64 bits per heavy atom. The first kappa shape index (κ1) is 11.5. The van der Waals surface area contributed by atoms with Crippen molar-refractivity contribution in [2.45, 2.75) is 58.7 Å². The van der Waals surface area contributed by atoms with Crippen LogP contribution in [0.25, 0.3) is 0 Å².